The molecule has 0 radical (unpaired) electrons. The Bertz CT molecular complexity index is 1200. The molecule has 6 nitrogen and oxygen atoms in total. The molecule has 7 heteroatoms. The van der Waals surface area contributed by atoms with Gasteiger partial charge in [0, 0.05) is 49.0 Å². The Balaban J connectivity index is 0.000000371. The summed E-state index contributed by atoms with van der Waals surface area (Å²) in [4.78, 5) is 21.6. The van der Waals surface area contributed by atoms with Gasteiger partial charge in [-0.2, -0.15) is 0 Å². The SMILES string of the molecule is Clc1cccc(NCCCN2CC=C(c3cccc4ccccc34)CC2)c1.O=C(O)/C=C/C(=O)O. The van der Waals surface area contributed by atoms with Crippen LogP contribution in [-0.2, 0) is 9.59 Å². The summed E-state index contributed by atoms with van der Waals surface area (Å²) in [5.74, 6) is -2.51. The van der Waals surface area contributed by atoms with E-state index < -0.39 is 11.9 Å². The smallest absolute Gasteiger partial charge is 0.328 e. The molecule has 4 rings (SSSR count). The highest BCUT2D eigenvalue weighted by molar-refractivity contribution is 6.30. The van der Waals surface area contributed by atoms with Gasteiger partial charge in [-0.15, -0.1) is 0 Å². The van der Waals surface area contributed by atoms with Crippen LogP contribution in [0.25, 0.3) is 16.3 Å². The van der Waals surface area contributed by atoms with E-state index in [9.17, 15) is 9.59 Å². The Hall–Kier alpha value is -3.61. The lowest BCUT2D eigenvalue weighted by Gasteiger charge is -2.27. The standard InChI is InChI=1S/C24H25ClN2.C4H4O4/c25-21-8-4-9-22(18-21)26-14-5-15-27-16-12-20(13-17-27)24-11-3-7-19-6-1-2-10-23(19)24;5-3(6)1-2-4(7)8/h1-4,6-12,18,26H,5,13-17H2;1-2H,(H,5,6)(H,7,8)/b;2-1+. The number of carbonyl (C=O) groups is 2. The number of hydrogen-bond donors (Lipinski definition) is 3. The first-order chi connectivity index (χ1) is 16.9. The van der Waals surface area contributed by atoms with Crippen LogP contribution < -0.4 is 5.32 Å². The minimum Gasteiger partial charge on any atom is -0.478 e. The van der Waals surface area contributed by atoms with E-state index in [1.807, 2.05) is 18.2 Å². The molecule has 1 aliphatic rings. The van der Waals surface area contributed by atoms with E-state index in [0.717, 1.165) is 49.7 Å². The van der Waals surface area contributed by atoms with Crippen molar-refractivity contribution in [3.8, 4) is 0 Å². The third-order valence-electron chi connectivity index (χ3n) is 5.60. The minimum atomic E-state index is -1.26. The fourth-order valence-electron chi connectivity index (χ4n) is 3.94. The average molecular weight is 493 g/mol. The fraction of sp³-hybridized carbons (Fsp3) is 0.214. The van der Waals surface area contributed by atoms with Crippen LogP contribution in [0.15, 0.2) is 85.0 Å². The Morgan fingerprint density at radius 2 is 1.69 bits per heavy atom. The van der Waals surface area contributed by atoms with Gasteiger partial charge >= 0.3 is 11.9 Å². The molecular weight excluding hydrogens is 464 g/mol. The highest BCUT2D eigenvalue weighted by Crippen LogP contribution is 2.29. The van der Waals surface area contributed by atoms with Crippen molar-refractivity contribution in [3.63, 3.8) is 0 Å². The zero-order chi connectivity index (χ0) is 25.0. The number of nitrogens with one attached hydrogen (secondary N) is 1. The van der Waals surface area contributed by atoms with E-state index in [1.165, 1.54) is 21.9 Å². The van der Waals surface area contributed by atoms with Crippen LogP contribution >= 0.6 is 11.6 Å². The number of halogens is 1. The molecule has 3 N–H and O–H groups in total. The van der Waals surface area contributed by atoms with Gasteiger partial charge in [-0.05, 0) is 52.9 Å². The molecule has 0 aromatic heterocycles. The normalized spacial score (nSPS) is 13.7. The molecule has 35 heavy (non-hydrogen) atoms. The maximum atomic E-state index is 9.55. The van der Waals surface area contributed by atoms with E-state index in [0.29, 0.717) is 12.2 Å². The topological polar surface area (TPSA) is 89.9 Å². The van der Waals surface area contributed by atoms with Gasteiger partial charge in [0.15, 0.2) is 0 Å². The fourth-order valence-corrected chi connectivity index (χ4v) is 4.13. The van der Waals surface area contributed by atoms with Crippen molar-refractivity contribution in [2.45, 2.75) is 12.8 Å². The molecule has 0 spiro atoms. The van der Waals surface area contributed by atoms with Gasteiger partial charge in [0.1, 0.15) is 0 Å². The number of aliphatic carboxylic acids is 2. The molecule has 0 fully saturated rings. The minimum absolute atomic E-state index is 0.558. The van der Waals surface area contributed by atoms with Crippen molar-refractivity contribution in [1.82, 2.24) is 4.90 Å². The Labute approximate surface area is 210 Å². The van der Waals surface area contributed by atoms with Crippen molar-refractivity contribution in [3.05, 3.63) is 95.5 Å². The summed E-state index contributed by atoms with van der Waals surface area (Å²) in [5.41, 5.74) is 3.98. The summed E-state index contributed by atoms with van der Waals surface area (Å²) in [6, 6.07) is 23.2. The molecule has 0 amide bonds. The average Bonchev–Trinajstić information content (AvgIpc) is 2.86. The monoisotopic (exact) mass is 492 g/mol. The Morgan fingerprint density at radius 3 is 2.37 bits per heavy atom. The lowest BCUT2D eigenvalue weighted by atomic mass is 9.94. The van der Waals surface area contributed by atoms with Crippen molar-refractivity contribution in [2.24, 2.45) is 0 Å². The van der Waals surface area contributed by atoms with Crippen LogP contribution in [0.2, 0.25) is 5.02 Å². The lowest BCUT2D eigenvalue weighted by Crippen LogP contribution is -2.30. The van der Waals surface area contributed by atoms with Crippen LogP contribution in [0, 0.1) is 0 Å². The summed E-state index contributed by atoms with van der Waals surface area (Å²) in [6.45, 7) is 4.26. The molecule has 3 aromatic carbocycles. The van der Waals surface area contributed by atoms with Crippen molar-refractivity contribution < 1.29 is 19.8 Å². The van der Waals surface area contributed by atoms with Gasteiger partial charge in [-0.3, -0.25) is 4.90 Å². The quantitative estimate of drug-likeness (QED) is 0.272. The lowest BCUT2D eigenvalue weighted by molar-refractivity contribution is -0.134. The Kier molecular flexibility index (Phi) is 9.90. The molecule has 0 aliphatic carbocycles. The molecule has 3 aromatic rings. The maximum Gasteiger partial charge on any atom is 0.328 e. The van der Waals surface area contributed by atoms with Crippen LogP contribution in [0.5, 0.6) is 0 Å². The largest absolute Gasteiger partial charge is 0.478 e. The molecule has 0 unspecified atom stereocenters. The molecule has 0 bridgehead atoms. The first-order valence-corrected chi connectivity index (χ1v) is 11.8. The second-order valence-electron chi connectivity index (χ2n) is 8.11. The highest BCUT2D eigenvalue weighted by Gasteiger charge is 2.14. The number of carboxylic acids is 2. The van der Waals surface area contributed by atoms with E-state index in [2.05, 4.69) is 64.8 Å². The van der Waals surface area contributed by atoms with Crippen LogP contribution in [-0.4, -0.2) is 53.2 Å². The summed E-state index contributed by atoms with van der Waals surface area (Å²) < 4.78 is 0. The molecular formula is C28H29ClN2O4. The first-order valence-electron chi connectivity index (χ1n) is 11.5. The highest BCUT2D eigenvalue weighted by atomic mass is 35.5. The number of rotatable bonds is 8. The molecule has 1 aliphatic heterocycles. The van der Waals surface area contributed by atoms with Crippen molar-refractivity contribution >= 4 is 45.6 Å². The molecule has 182 valence electrons. The third-order valence-corrected chi connectivity index (χ3v) is 5.84. The van der Waals surface area contributed by atoms with Gasteiger partial charge in [-0.1, -0.05) is 66.2 Å². The van der Waals surface area contributed by atoms with Gasteiger partial charge in [0.05, 0.1) is 0 Å². The molecule has 1 heterocycles. The molecule has 0 saturated carbocycles. The predicted molar refractivity (Wildman–Crippen MR) is 142 cm³/mol. The van der Waals surface area contributed by atoms with Crippen LogP contribution in [0.4, 0.5) is 5.69 Å². The van der Waals surface area contributed by atoms with Crippen molar-refractivity contribution in [2.75, 3.05) is 31.5 Å². The van der Waals surface area contributed by atoms with Crippen molar-refractivity contribution in [1.29, 1.82) is 0 Å². The number of anilines is 1. The number of nitrogens with zero attached hydrogens (tertiary/aromatic N) is 1. The second-order valence-corrected chi connectivity index (χ2v) is 8.54. The van der Waals surface area contributed by atoms with Gasteiger partial charge in [0.25, 0.3) is 0 Å². The van der Waals surface area contributed by atoms with E-state index in [-0.39, 0.29) is 0 Å². The molecule has 0 saturated heterocycles. The van der Waals surface area contributed by atoms with E-state index in [1.54, 1.807) is 0 Å². The number of carboxylic acid groups (broad SMARTS) is 2. The zero-order valence-corrected chi connectivity index (χ0v) is 20.1. The zero-order valence-electron chi connectivity index (χ0n) is 19.4. The summed E-state index contributed by atoms with van der Waals surface area (Å²) in [7, 11) is 0. The molecule has 0 atom stereocenters. The summed E-state index contributed by atoms with van der Waals surface area (Å²) >= 11 is 6.03. The second kappa shape index (κ2) is 13.3. The Morgan fingerprint density at radius 1 is 0.971 bits per heavy atom. The number of fused-ring (bicyclic) bond motifs is 1. The number of hydrogen-bond acceptors (Lipinski definition) is 4. The van der Waals surface area contributed by atoms with Gasteiger partial charge in [0.2, 0.25) is 0 Å². The predicted octanol–water partition coefficient (Wildman–Crippen LogP) is 5.80. The third kappa shape index (κ3) is 8.59. The van der Waals surface area contributed by atoms with Gasteiger partial charge in [-0.25, -0.2) is 9.59 Å². The first kappa shape index (κ1) is 26.0. The van der Waals surface area contributed by atoms with Crippen LogP contribution in [0.1, 0.15) is 18.4 Å². The summed E-state index contributed by atoms with van der Waals surface area (Å²) in [5, 5.41) is 22.5. The van der Waals surface area contributed by atoms with Crippen LogP contribution in [0.3, 0.4) is 0 Å². The van der Waals surface area contributed by atoms with E-state index in [4.69, 9.17) is 21.8 Å². The van der Waals surface area contributed by atoms with Gasteiger partial charge < -0.3 is 15.5 Å². The maximum absolute atomic E-state index is 9.55. The number of benzene rings is 3. The van der Waals surface area contributed by atoms with E-state index >= 15 is 0 Å². The summed E-state index contributed by atoms with van der Waals surface area (Å²) in [6.07, 6.45) is 5.78.